The van der Waals surface area contributed by atoms with Crippen molar-refractivity contribution in [3.63, 3.8) is 0 Å². The summed E-state index contributed by atoms with van der Waals surface area (Å²) in [6, 6.07) is 0. The summed E-state index contributed by atoms with van der Waals surface area (Å²) in [6.45, 7) is 21.4. The molecule has 0 unspecified atom stereocenters. The summed E-state index contributed by atoms with van der Waals surface area (Å²) >= 11 is 4.87. The minimum absolute atomic E-state index is 0.149. The van der Waals surface area contributed by atoms with Crippen LogP contribution in [-0.2, 0) is 0 Å². The minimum Gasteiger partial charge on any atom is -0.310 e. The predicted octanol–water partition coefficient (Wildman–Crippen LogP) is 6.20. The fraction of sp³-hybridized carbons (Fsp3) is 0.818. The highest BCUT2D eigenvalue weighted by Crippen LogP contribution is 2.61. The third kappa shape index (κ3) is 3.24. The highest BCUT2D eigenvalue weighted by atomic mass is 32.1. The second-order valence-electron chi connectivity index (χ2n) is 9.77. The van der Waals surface area contributed by atoms with Gasteiger partial charge in [-0.3, -0.25) is 0 Å². The van der Waals surface area contributed by atoms with Crippen LogP contribution in [0.5, 0.6) is 0 Å². The van der Waals surface area contributed by atoms with E-state index in [-0.39, 0.29) is 11.1 Å². The molecule has 3 aliphatic rings. The summed E-state index contributed by atoms with van der Waals surface area (Å²) in [5, 5.41) is 2.60. The first-order chi connectivity index (χ1) is 11.7. The first-order valence-electron chi connectivity index (χ1n) is 9.88. The molecular weight excluding hydrogens is 324 g/mol. The Bertz CT molecular complexity index is 639. The zero-order valence-electron chi connectivity index (χ0n) is 16.2. The van der Waals surface area contributed by atoms with Crippen LogP contribution in [0, 0.1) is 42.1 Å². The molecule has 2 nitrogen and oxygen atoms in total. The largest absolute Gasteiger partial charge is 0.310 e. The molecule has 0 bridgehead atoms. The second-order valence-corrected chi connectivity index (χ2v) is 9.95. The maximum atomic E-state index is 7.84. The van der Waals surface area contributed by atoms with Gasteiger partial charge in [0.25, 0.3) is 0 Å². The number of isothiocyanates is 1. The molecule has 25 heavy (non-hydrogen) atoms. The first kappa shape index (κ1) is 18.8. The summed E-state index contributed by atoms with van der Waals surface area (Å²) in [5.74, 6) is 3.89. The Labute approximate surface area is 159 Å². The highest BCUT2D eigenvalue weighted by molar-refractivity contribution is 7.78. The average Bonchev–Trinajstić information content (AvgIpc) is 2.53. The van der Waals surface area contributed by atoms with Crippen molar-refractivity contribution in [3.05, 3.63) is 23.6 Å². The van der Waals surface area contributed by atoms with Crippen LogP contribution in [0.15, 0.2) is 17.1 Å². The van der Waals surface area contributed by atoms with E-state index < -0.39 is 0 Å². The fourth-order valence-corrected chi connectivity index (χ4v) is 6.87. The molecule has 0 aliphatic heterocycles. The molecule has 0 spiro atoms. The summed E-state index contributed by atoms with van der Waals surface area (Å²) in [4.78, 5) is 8.59. The van der Waals surface area contributed by atoms with Crippen molar-refractivity contribution >= 4 is 17.4 Å². The van der Waals surface area contributed by atoms with Crippen LogP contribution in [-0.4, -0.2) is 16.2 Å². The first-order valence-corrected chi connectivity index (χ1v) is 10.3. The molecule has 0 heterocycles. The number of hydrogen-bond donors (Lipinski definition) is 0. The Morgan fingerprint density at radius 1 is 1.44 bits per heavy atom. The molecule has 3 fully saturated rings. The van der Waals surface area contributed by atoms with E-state index in [2.05, 4.69) is 49.3 Å². The molecule has 0 aromatic carbocycles. The molecule has 3 heteroatoms. The second kappa shape index (κ2) is 6.64. The molecule has 0 aromatic rings. The van der Waals surface area contributed by atoms with E-state index in [0.717, 1.165) is 37.5 Å². The van der Waals surface area contributed by atoms with Crippen LogP contribution in [0.1, 0.15) is 66.2 Å². The lowest BCUT2D eigenvalue weighted by Gasteiger charge is -2.57. The van der Waals surface area contributed by atoms with Crippen LogP contribution >= 0.6 is 12.2 Å². The fourth-order valence-electron chi connectivity index (χ4n) is 6.62. The lowest BCUT2D eigenvalue weighted by atomic mass is 9.46. The standard InChI is InChI=1S/C22H32N2S/c1-14-7-8-18-20-17(9-10-22(18,5)23-6)15(2)11-16(19(14)20)12-21(3,4)24-13-25/h15-20H,1,7-12H2,2-5H3/t15-,16-,17+,18-,19-,20+,22-/m1/s1. The number of allylic oxidation sites excluding steroid dienone is 1. The maximum absolute atomic E-state index is 7.84. The highest BCUT2D eigenvalue weighted by Gasteiger charge is 2.59. The number of aliphatic imine (C=N–C) groups is 1. The van der Waals surface area contributed by atoms with E-state index >= 15 is 0 Å². The van der Waals surface area contributed by atoms with E-state index in [4.69, 9.17) is 18.8 Å². The molecule has 7 atom stereocenters. The summed E-state index contributed by atoms with van der Waals surface area (Å²) in [5.41, 5.74) is 1.13. The molecule has 0 saturated heterocycles. The van der Waals surface area contributed by atoms with Gasteiger partial charge in [-0.05, 0) is 87.8 Å². The van der Waals surface area contributed by atoms with Crippen LogP contribution in [0.3, 0.4) is 0 Å². The SMILES string of the molecule is [C-]#[N+][C@]1(C)CC[C@@H]2[C@@H]3[C@H](C(=C)CC[C@H]31)[C@@H](CC(C)(C)N=C=S)C[C@H]2C. The minimum atomic E-state index is -0.163. The molecule has 3 rings (SSSR count). The molecule has 0 aromatic heterocycles. The van der Waals surface area contributed by atoms with E-state index in [0.29, 0.717) is 23.7 Å². The van der Waals surface area contributed by atoms with Gasteiger partial charge in [-0.25, -0.2) is 11.6 Å². The molecule has 3 aliphatic carbocycles. The molecule has 3 saturated carbocycles. The summed E-state index contributed by atoms with van der Waals surface area (Å²) in [6.07, 6.45) is 6.89. The summed E-state index contributed by atoms with van der Waals surface area (Å²) < 4.78 is 0. The van der Waals surface area contributed by atoms with Crippen LogP contribution < -0.4 is 0 Å². The Hall–Kier alpha value is -0.970. The van der Waals surface area contributed by atoms with Crippen molar-refractivity contribution in [2.24, 2.45) is 40.5 Å². The quantitative estimate of drug-likeness (QED) is 0.254. The van der Waals surface area contributed by atoms with Crippen molar-refractivity contribution in [1.82, 2.24) is 0 Å². The van der Waals surface area contributed by atoms with Crippen molar-refractivity contribution in [3.8, 4) is 0 Å². The van der Waals surface area contributed by atoms with Gasteiger partial charge >= 0.3 is 0 Å². The third-order valence-electron chi connectivity index (χ3n) is 7.68. The third-order valence-corrected chi connectivity index (χ3v) is 7.77. The van der Waals surface area contributed by atoms with Gasteiger partial charge < -0.3 is 4.85 Å². The van der Waals surface area contributed by atoms with Gasteiger partial charge in [0.05, 0.1) is 10.7 Å². The predicted molar refractivity (Wildman–Crippen MR) is 108 cm³/mol. The Kier molecular flexibility index (Phi) is 5.00. The van der Waals surface area contributed by atoms with Crippen LogP contribution in [0.25, 0.3) is 4.85 Å². The van der Waals surface area contributed by atoms with Gasteiger partial charge in [0, 0.05) is 19.3 Å². The monoisotopic (exact) mass is 356 g/mol. The van der Waals surface area contributed by atoms with Gasteiger partial charge in [-0.15, -0.1) is 0 Å². The molecule has 0 amide bonds. The Morgan fingerprint density at radius 2 is 2.16 bits per heavy atom. The molecular formula is C22H32N2S. The number of rotatable bonds is 3. The lowest BCUT2D eigenvalue weighted by Crippen LogP contribution is -2.55. The number of nitrogens with zero attached hydrogens (tertiary/aromatic N) is 2. The van der Waals surface area contributed by atoms with Crippen LogP contribution in [0.4, 0.5) is 0 Å². The van der Waals surface area contributed by atoms with Crippen LogP contribution in [0.2, 0.25) is 0 Å². The Morgan fingerprint density at radius 3 is 2.80 bits per heavy atom. The zero-order valence-corrected chi connectivity index (χ0v) is 17.0. The van der Waals surface area contributed by atoms with Crippen molar-refractivity contribution in [2.45, 2.75) is 77.3 Å². The zero-order chi connectivity index (χ0) is 18.4. The van der Waals surface area contributed by atoms with Crippen molar-refractivity contribution < 1.29 is 0 Å². The van der Waals surface area contributed by atoms with E-state index in [1.807, 2.05) is 0 Å². The van der Waals surface area contributed by atoms with E-state index in [9.17, 15) is 0 Å². The van der Waals surface area contributed by atoms with Gasteiger partial charge in [-0.1, -0.05) is 19.1 Å². The average molecular weight is 357 g/mol. The van der Waals surface area contributed by atoms with Crippen molar-refractivity contribution in [1.29, 1.82) is 0 Å². The van der Waals surface area contributed by atoms with Crippen molar-refractivity contribution in [2.75, 3.05) is 0 Å². The van der Waals surface area contributed by atoms with Gasteiger partial charge in [0.1, 0.15) is 0 Å². The number of hydrogen-bond acceptors (Lipinski definition) is 2. The summed E-state index contributed by atoms with van der Waals surface area (Å²) in [7, 11) is 0. The molecule has 0 radical (unpaired) electrons. The van der Waals surface area contributed by atoms with E-state index in [1.165, 1.54) is 18.4 Å². The van der Waals surface area contributed by atoms with E-state index in [1.54, 1.807) is 0 Å². The Balaban J connectivity index is 1.96. The molecule has 0 N–H and O–H groups in total. The topological polar surface area (TPSA) is 16.7 Å². The van der Waals surface area contributed by atoms with Gasteiger partial charge in [0.2, 0.25) is 5.54 Å². The normalized spacial score (nSPS) is 43.6. The van der Waals surface area contributed by atoms with Gasteiger partial charge in [-0.2, -0.15) is 0 Å². The smallest absolute Gasteiger partial charge is 0.233 e. The van der Waals surface area contributed by atoms with Gasteiger partial charge in [0.15, 0.2) is 0 Å². The lowest BCUT2D eigenvalue weighted by molar-refractivity contribution is -0.0543. The maximum Gasteiger partial charge on any atom is 0.233 e. The number of thiocarbonyl (C=S) groups is 1. The molecule has 136 valence electrons.